The van der Waals surface area contributed by atoms with E-state index in [4.69, 9.17) is 4.74 Å². The zero-order valence-electron chi connectivity index (χ0n) is 9.82. The molecule has 0 heterocycles. The van der Waals surface area contributed by atoms with Gasteiger partial charge in [-0.1, -0.05) is 6.58 Å². The van der Waals surface area contributed by atoms with Gasteiger partial charge < -0.3 is 9.64 Å². The molecule has 15 heavy (non-hydrogen) atoms. The molecule has 4 heteroatoms. The Morgan fingerprint density at radius 1 is 1.40 bits per heavy atom. The summed E-state index contributed by atoms with van der Waals surface area (Å²) >= 11 is 0. The van der Waals surface area contributed by atoms with E-state index in [0.717, 1.165) is 0 Å². The number of carbonyl (C=O) groups is 2. The predicted molar refractivity (Wildman–Crippen MR) is 58.3 cm³/mol. The first-order valence-electron chi connectivity index (χ1n) is 5.07. The van der Waals surface area contributed by atoms with Crippen molar-refractivity contribution in [3.8, 4) is 0 Å². The third kappa shape index (κ3) is 3.73. The molecule has 0 N–H and O–H groups in total. The fourth-order valence-corrected chi connectivity index (χ4v) is 1.37. The molecule has 0 rings (SSSR count). The van der Waals surface area contributed by atoms with Crippen molar-refractivity contribution in [2.75, 3.05) is 6.61 Å². The maximum atomic E-state index is 11.5. The summed E-state index contributed by atoms with van der Waals surface area (Å²) < 4.78 is 4.86. The molecule has 0 aromatic heterocycles. The first-order chi connectivity index (χ1) is 6.95. The molecule has 1 unspecified atom stereocenters. The van der Waals surface area contributed by atoms with E-state index in [-0.39, 0.29) is 17.9 Å². The first kappa shape index (κ1) is 13.7. The van der Waals surface area contributed by atoms with Gasteiger partial charge >= 0.3 is 5.97 Å². The first-order valence-corrected chi connectivity index (χ1v) is 5.07. The Morgan fingerprint density at radius 2 is 1.93 bits per heavy atom. The van der Waals surface area contributed by atoms with Gasteiger partial charge in [-0.25, -0.2) is 4.79 Å². The molecule has 0 aliphatic rings. The summed E-state index contributed by atoms with van der Waals surface area (Å²) in [7, 11) is 0. The molecular weight excluding hydrogens is 194 g/mol. The smallest absolute Gasteiger partial charge is 0.328 e. The molecule has 4 nitrogen and oxygen atoms in total. The lowest BCUT2D eigenvalue weighted by Gasteiger charge is -2.30. The topological polar surface area (TPSA) is 46.6 Å². The van der Waals surface area contributed by atoms with Crippen LogP contribution in [0.15, 0.2) is 12.7 Å². The highest BCUT2D eigenvalue weighted by molar-refractivity contribution is 5.91. The summed E-state index contributed by atoms with van der Waals surface area (Å²) in [6.45, 7) is 10.8. The molecule has 1 amide bonds. The maximum Gasteiger partial charge on any atom is 0.328 e. The number of amides is 1. The number of rotatable bonds is 5. The van der Waals surface area contributed by atoms with Gasteiger partial charge in [0.2, 0.25) is 5.91 Å². The van der Waals surface area contributed by atoms with Gasteiger partial charge in [0.25, 0.3) is 0 Å². The van der Waals surface area contributed by atoms with E-state index in [2.05, 4.69) is 6.58 Å². The standard InChI is InChI=1S/C11H19NO3/c1-6-10(13)12(8(3)4)9(5)11(14)15-7-2/h6,8-9H,1,7H2,2-5H3. The fraction of sp³-hybridized carbons (Fsp3) is 0.636. The molecule has 0 aromatic rings. The van der Waals surface area contributed by atoms with Gasteiger partial charge in [0, 0.05) is 6.04 Å². The highest BCUT2D eigenvalue weighted by atomic mass is 16.5. The van der Waals surface area contributed by atoms with E-state index in [1.165, 1.54) is 11.0 Å². The molecule has 0 aromatic carbocycles. The van der Waals surface area contributed by atoms with Crippen LogP contribution in [0.4, 0.5) is 0 Å². The summed E-state index contributed by atoms with van der Waals surface area (Å²) in [5, 5.41) is 0. The van der Waals surface area contributed by atoms with Crippen LogP contribution >= 0.6 is 0 Å². The zero-order valence-corrected chi connectivity index (χ0v) is 9.82. The minimum atomic E-state index is -0.574. The number of hydrogen-bond donors (Lipinski definition) is 0. The molecule has 0 aliphatic heterocycles. The monoisotopic (exact) mass is 213 g/mol. The van der Waals surface area contributed by atoms with Gasteiger partial charge in [0.05, 0.1) is 6.61 Å². The Balaban J connectivity index is 4.69. The maximum absolute atomic E-state index is 11.5. The number of esters is 1. The Kier molecular flexibility index (Phi) is 5.67. The van der Waals surface area contributed by atoms with E-state index in [1.54, 1.807) is 13.8 Å². The van der Waals surface area contributed by atoms with Gasteiger partial charge in [0.15, 0.2) is 0 Å². The number of carbonyl (C=O) groups excluding carboxylic acids is 2. The summed E-state index contributed by atoms with van der Waals surface area (Å²) in [5.74, 6) is -0.646. The van der Waals surface area contributed by atoms with Crippen LogP contribution < -0.4 is 0 Å². The van der Waals surface area contributed by atoms with Gasteiger partial charge in [0.1, 0.15) is 6.04 Å². The summed E-state index contributed by atoms with van der Waals surface area (Å²) in [6.07, 6.45) is 1.20. The number of ether oxygens (including phenoxy) is 1. The van der Waals surface area contributed by atoms with Crippen molar-refractivity contribution >= 4 is 11.9 Å². The van der Waals surface area contributed by atoms with E-state index < -0.39 is 6.04 Å². The van der Waals surface area contributed by atoms with Crippen molar-refractivity contribution in [2.45, 2.75) is 39.8 Å². The van der Waals surface area contributed by atoms with Crippen molar-refractivity contribution < 1.29 is 14.3 Å². The quantitative estimate of drug-likeness (QED) is 0.511. The molecule has 0 radical (unpaired) electrons. The fourth-order valence-electron chi connectivity index (χ4n) is 1.37. The summed E-state index contributed by atoms with van der Waals surface area (Å²) in [4.78, 5) is 24.4. The Labute approximate surface area is 90.9 Å². The van der Waals surface area contributed by atoms with Crippen LogP contribution in [0.1, 0.15) is 27.7 Å². The number of nitrogens with zero attached hydrogens (tertiary/aromatic N) is 1. The Bertz CT molecular complexity index is 248. The molecule has 1 atom stereocenters. The minimum Gasteiger partial charge on any atom is -0.464 e. The van der Waals surface area contributed by atoms with Crippen molar-refractivity contribution in [3.05, 3.63) is 12.7 Å². The lowest BCUT2D eigenvalue weighted by molar-refractivity contribution is -0.154. The lowest BCUT2D eigenvalue weighted by atomic mass is 10.2. The van der Waals surface area contributed by atoms with Crippen LogP contribution in [0, 0.1) is 0 Å². The highest BCUT2D eigenvalue weighted by Gasteiger charge is 2.27. The van der Waals surface area contributed by atoms with Gasteiger partial charge in [-0.2, -0.15) is 0 Å². The second kappa shape index (κ2) is 6.22. The van der Waals surface area contributed by atoms with Crippen LogP contribution in [-0.2, 0) is 14.3 Å². The minimum absolute atomic E-state index is 0.0603. The third-order valence-electron chi connectivity index (χ3n) is 2.03. The third-order valence-corrected chi connectivity index (χ3v) is 2.03. The van der Waals surface area contributed by atoms with Crippen molar-refractivity contribution in [2.24, 2.45) is 0 Å². The van der Waals surface area contributed by atoms with Crippen molar-refractivity contribution in [1.29, 1.82) is 0 Å². The predicted octanol–water partition coefficient (Wildman–Crippen LogP) is 1.36. The second-order valence-electron chi connectivity index (χ2n) is 3.47. The molecule has 0 aliphatic carbocycles. The normalized spacial score (nSPS) is 12.1. The Morgan fingerprint density at radius 3 is 2.27 bits per heavy atom. The van der Waals surface area contributed by atoms with Crippen LogP contribution in [0.25, 0.3) is 0 Å². The molecule has 0 spiro atoms. The van der Waals surface area contributed by atoms with Crippen molar-refractivity contribution in [1.82, 2.24) is 4.90 Å². The molecule has 0 bridgehead atoms. The second-order valence-corrected chi connectivity index (χ2v) is 3.47. The molecular formula is C11H19NO3. The average Bonchev–Trinajstić information content (AvgIpc) is 2.17. The van der Waals surface area contributed by atoms with Crippen molar-refractivity contribution in [3.63, 3.8) is 0 Å². The zero-order chi connectivity index (χ0) is 12.0. The molecule has 0 fully saturated rings. The number of hydrogen-bond acceptors (Lipinski definition) is 3. The highest BCUT2D eigenvalue weighted by Crippen LogP contribution is 2.08. The van der Waals surface area contributed by atoms with E-state index in [9.17, 15) is 9.59 Å². The largest absolute Gasteiger partial charge is 0.464 e. The lowest BCUT2D eigenvalue weighted by Crippen LogP contribution is -2.47. The van der Waals surface area contributed by atoms with Gasteiger partial charge in [-0.05, 0) is 33.8 Å². The van der Waals surface area contributed by atoms with E-state index in [1.807, 2.05) is 13.8 Å². The Hall–Kier alpha value is -1.32. The van der Waals surface area contributed by atoms with Crippen LogP contribution in [-0.4, -0.2) is 35.5 Å². The molecule has 0 saturated heterocycles. The molecule has 0 saturated carbocycles. The van der Waals surface area contributed by atoms with Crippen LogP contribution in [0.3, 0.4) is 0 Å². The van der Waals surface area contributed by atoms with Crippen LogP contribution in [0.2, 0.25) is 0 Å². The summed E-state index contributed by atoms with van der Waals surface area (Å²) in [5.41, 5.74) is 0. The van der Waals surface area contributed by atoms with Crippen LogP contribution in [0.5, 0.6) is 0 Å². The van der Waals surface area contributed by atoms with E-state index in [0.29, 0.717) is 6.61 Å². The van der Waals surface area contributed by atoms with Gasteiger partial charge in [-0.15, -0.1) is 0 Å². The summed E-state index contributed by atoms with van der Waals surface area (Å²) in [6, 6.07) is -0.634. The average molecular weight is 213 g/mol. The van der Waals surface area contributed by atoms with Gasteiger partial charge in [-0.3, -0.25) is 4.79 Å². The SMILES string of the molecule is C=CC(=O)N(C(C)C)C(C)C(=O)OCC. The molecule has 86 valence electrons. The van der Waals surface area contributed by atoms with E-state index >= 15 is 0 Å².